The van der Waals surface area contributed by atoms with Gasteiger partial charge in [-0.15, -0.1) is 0 Å². The van der Waals surface area contributed by atoms with Gasteiger partial charge in [-0.2, -0.15) is 0 Å². The lowest BCUT2D eigenvalue weighted by atomic mass is 9.88. The van der Waals surface area contributed by atoms with Gasteiger partial charge in [-0.05, 0) is 74.8 Å². The van der Waals surface area contributed by atoms with Gasteiger partial charge < -0.3 is 20.2 Å². The lowest BCUT2D eigenvalue weighted by molar-refractivity contribution is 0.103. The Kier molecular flexibility index (Phi) is 5.20. The molecule has 2 heterocycles. The van der Waals surface area contributed by atoms with E-state index in [1.54, 1.807) is 37.1 Å². The van der Waals surface area contributed by atoms with Crippen molar-refractivity contribution >= 4 is 16.7 Å². The first-order chi connectivity index (χ1) is 14.0. The van der Waals surface area contributed by atoms with Crippen molar-refractivity contribution in [2.24, 2.45) is 0 Å². The van der Waals surface area contributed by atoms with Gasteiger partial charge in [-0.25, -0.2) is 0 Å². The quantitative estimate of drug-likeness (QED) is 0.531. The molecule has 0 atom stereocenters. The van der Waals surface area contributed by atoms with Crippen molar-refractivity contribution in [2.75, 3.05) is 40.2 Å². The molecule has 6 nitrogen and oxygen atoms in total. The fraction of sp³-hybridized carbons (Fsp3) is 0.348. The van der Waals surface area contributed by atoms with Gasteiger partial charge in [0.25, 0.3) is 0 Å². The normalized spacial score (nSPS) is 15.6. The third-order valence-corrected chi connectivity index (χ3v) is 5.93. The molecule has 6 heteroatoms. The summed E-state index contributed by atoms with van der Waals surface area (Å²) in [6, 6.07) is 11.1. The average molecular weight is 393 g/mol. The highest BCUT2D eigenvalue weighted by molar-refractivity contribution is 6.12. The van der Waals surface area contributed by atoms with E-state index in [2.05, 4.69) is 11.9 Å². The minimum absolute atomic E-state index is 0.0956. The Hall–Kier alpha value is -2.99. The number of hydrogen-bond donors (Lipinski definition) is 1. The van der Waals surface area contributed by atoms with Crippen LogP contribution in [0.1, 0.15) is 40.2 Å². The number of ketones is 1. The first-order valence-corrected chi connectivity index (χ1v) is 9.87. The van der Waals surface area contributed by atoms with Gasteiger partial charge in [0.1, 0.15) is 0 Å². The molecule has 0 amide bonds. The van der Waals surface area contributed by atoms with Crippen LogP contribution in [0.25, 0.3) is 10.9 Å². The van der Waals surface area contributed by atoms with E-state index in [0.717, 1.165) is 36.8 Å². The number of hydrogen-bond acceptors (Lipinski definition) is 5. The maximum Gasteiger partial charge on any atom is 0.196 e. The number of rotatable bonds is 5. The fourth-order valence-corrected chi connectivity index (χ4v) is 4.29. The van der Waals surface area contributed by atoms with Gasteiger partial charge in [0.15, 0.2) is 17.3 Å². The Morgan fingerprint density at radius 3 is 2.55 bits per heavy atom. The monoisotopic (exact) mass is 393 g/mol. The number of para-hydroxylation sites is 1. The Morgan fingerprint density at radius 1 is 1.10 bits per heavy atom. The standard InChI is InChI=1S/C23H27N3O3/c1-25-11-9-15(10-12-25)19-14-26(24)20-8-7-16(13-18(19)20)22(27)17-5-4-6-21(28-2)23(17)29-3/h4-8,13-15H,9-12,24H2,1-3H3. The summed E-state index contributed by atoms with van der Waals surface area (Å²) in [6.07, 6.45) is 4.20. The summed E-state index contributed by atoms with van der Waals surface area (Å²) < 4.78 is 12.5. The molecule has 1 aliphatic rings. The SMILES string of the molecule is COc1cccc(C(=O)c2ccc3c(c2)c(C2CCN(C)CC2)cn3N)c1OC. The molecule has 152 valence electrons. The van der Waals surface area contributed by atoms with E-state index in [0.29, 0.717) is 28.5 Å². The van der Waals surface area contributed by atoms with Crippen molar-refractivity contribution in [3.05, 3.63) is 59.3 Å². The Labute approximate surface area is 170 Å². The Balaban J connectivity index is 1.76. The molecule has 0 unspecified atom stereocenters. The van der Waals surface area contributed by atoms with Crippen molar-refractivity contribution in [1.29, 1.82) is 0 Å². The number of aromatic nitrogens is 1. The molecule has 2 N–H and O–H groups in total. The van der Waals surface area contributed by atoms with E-state index < -0.39 is 0 Å². The lowest BCUT2D eigenvalue weighted by Gasteiger charge is -2.28. The molecule has 0 radical (unpaired) electrons. The molecule has 1 aliphatic heterocycles. The molecule has 2 aromatic carbocycles. The Bertz CT molecular complexity index is 1050. The van der Waals surface area contributed by atoms with Crippen LogP contribution in [0.5, 0.6) is 11.5 Å². The number of nitrogen functional groups attached to an aromatic ring is 1. The third-order valence-electron chi connectivity index (χ3n) is 5.93. The van der Waals surface area contributed by atoms with E-state index in [-0.39, 0.29) is 5.78 Å². The van der Waals surface area contributed by atoms with Crippen LogP contribution in [-0.2, 0) is 0 Å². The van der Waals surface area contributed by atoms with Crippen molar-refractivity contribution in [2.45, 2.75) is 18.8 Å². The summed E-state index contributed by atoms with van der Waals surface area (Å²) in [5, 5.41) is 1.05. The van der Waals surface area contributed by atoms with Crippen LogP contribution in [0.2, 0.25) is 0 Å². The maximum atomic E-state index is 13.3. The second-order valence-corrected chi connectivity index (χ2v) is 7.67. The zero-order chi connectivity index (χ0) is 20.5. The first-order valence-electron chi connectivity index (χ1n) is 9.87. The maximum absolute atomic E-state index is 13.3. The molecule has 1 fully saturated rings. The molecular formula is C23H27N3O3. The molecular weight excluding hydrogens is 366 g/mol. The molecule has 0 bridgehead atoms. The smallest absolute Gasteiger partial charge is 0.196 e. The fourth-order valence-electron chi connectivity index (χ4n) is 4.29. The molecule has 0 spiro atoms. The number of ether oxygens (including phenoxy) is 2. The summed E-state index contributed by atoms with van der Waals surface area (Å²) in [4.78, 5) is 15.6. The van der Waals surface area contributed by atoms with Crippen molar-refractivity contribution < 1.29 is 14.3 Å². The number of methoxy groups -OCH3 is 2. The van der Waals surface area contributed by atoms with E-state index >= 15 is 0 Å². The van der Waals surface area contributed by atoms with Crippen LogP contribution < -0.4 is 15.3 Å². The molecule has 3 aromatic rings. The molecule has 4 rings (SSSR count). The molecule has 29 heavy (non-hydrogen) atoms. The highest BCUT2D eigenvalue weighted by Crippen LogP contribution is 2.36. The zero-order valence-corrected chi connectivity index (χ0v) is 17.1. The second kappa shape index (κ2) is 7.79. The predicted octanol–water partition coefficient (Wildman–Crippen LogP) is 3.41. The summed E-state index contributed by atoms with van der Waals surface area (Å²) in [5.41, 5.74) is 3.26. The van der Waals surface area contributed by atoms with Crippen molar-refractivity contribution in [3.8, 4) is 11.5 Å². The summed E-state index contributed by atoms with van der Waals surface area (Å²) >= 11 is 0. The number of nitrogens with zero attached hydrogens (tertiary/aromatic N) is 2. The van der Waals surface area contributed by atoms with Crippen molar-refractivity contribution in [1.82, 2.24) is 9.58 Å². The number of piperidine rings is 1. The van der Waals surface area contributed by atoms with E-state index in [9.17, 15) is 4.79 Å². The first kappa shape index (κ1) is 19.3. The number of benzene rings is 2. The van der Waals surface area contributed by atoms with Gasteiger partial charge in [0.2, 0.25) is 0 Å². The summed E-state index contributed by atoms with van der Waals surface area (Å²) in [7, 11) is 5.27. The molecule has 1 aromatic heterocycles. The van der Waals surface area contributed by atoms with E-state index in [1.165, 1.54) is 5.56 Å². The highest BCUT2D eigenvalue weighted by Gasteiger charge is 2.24. The predicted molar refractivity (Wildman–Crippen MR) is 115 cm³/mol. The summed E-state index contributed by atoms with van der Waals surface area (Å²) in [6.45, 7) is 2.14. The van der Waals surface area contributed by atoms with Crippen LogP contribution in [0.4, 0.5) is 0 Å². The van der Waals surface area contributed by atoms with Crippen LogP contribution in [0, 0.1) is 0 Å². The topological polar surface area (TPSA) is 69.7 Å². The number of carbonyl (C=O) groups is 1. The third kappa shape index (κ3) is 3.44. The highest BCUT2D eigenvalue weighted by atomic mass is 16.5. The van der Waals surface area contributed by atoms with E-state index in [4.69, 9.17) is 15.3 Å². The Morgan fingerprint density at radius 2 is 1.86 bits per heavy atom. The van der Waals surface area contributed by atoms with Crippen LogP contribution in [-0.4, -0.2) is 49.7 Å². The largest absolute Gasteiger partial charge is 0.493 e. The number of nitrogens with two attached hydrogens (primary N) is 1. The molecule has 1 saturated heterocycles. The van der Waals surface area contributed by atoms with Crippen LogP contribution in [0.15, 0.2) is 42.6 Å². The minimum atomic E-state index is -0.0956. The van der Waals surface area contributed by atoms with Crippen LogP contribution >= 0.6 is 0 Å². The van der Waals surface area contributed by atoms with Gasteiger partial charge in [0.05, 0.1) is 25.3 Å². The lowest BCUT2D eigenvalue weighted by Crippen LogP contribution is -2.29. The number of fused-ring (bicyclic) bond motifs is 1. The zero-order valence-electron chi connectivity index (χ0n) is 17.1. The minimum Gasteiger partial charge on any atom is -0.493 e. The van der Waals surface area contributed by atoms with Crippen molar-refractivity contribution in [3.63, 3.8) is 0 Å². The van der Waals surface area contributed by atoms with E-state index in [1.807, 2.05) is 24.4 Å². The summed E-state index contributed by atoms with van der Waals surface area (Å²) in [5.74, 6) is 7.57. The van der Waals surface area contributed by atoms with Crippen LogP contribution in [0.3, 0.4) is 0 Å². The average Bonchev–Trinajstić information content (AvgIpc) is 3.09. The molecule has 0 aliphatic carbocycles. The van der Waals surface area contributed by atoms with Gasteiger partial charge >= 0.3 is 0 Å². The molecule has 0 saturated carbocycles. The van der Waals surface area contributed by atoms with Gasteiger partial charge in [-0.1, -0.05) is 6.07 Å². The van der Waals surface area contributed by atoms with Gasteiger partial charge in [0, 0.05) is 17.1 Å². The second-order valence-electron chi connectivity index (χ2n) is 7.67. The number of likely N-dealkylation sites (tertiary alicyclic amines) is 1. The van der Waals surface area contributed by atoms with Gasteiger partial charge in [-0.3, -0.25) is 9.47 Å². The number of carbonyl (C=O) groups excluding carboxylic acids is 1.